The molecular weight excluding hydrogens is 404 g/mol. The Balaban J connectivity index is 2.47. The summed E-state index contributed by atoms with van der Waals surface area (Å²) >= 11 is 5.55. The van der Waals surface area contributed by atoms with Gasteiger partial charge in [-0.1, -0.05) is 0 Å². The van der Waals surface area contributed by atoms with E-state index in [4.69, 9.17) is 21.7 Å². The molecule has 1 N–H and O–H groups in total. The van der Waals surface area contributed by atoms with E-state index < -0.39 is 16.6 Å². The van der Waals surface area contributed by atoms with Gasteiger partial charge in [0.05, 0.1) is 34.1 Å². The molecule has 0 aliphatic carbocycles. The lowest BCUT2D eigenvalue weighted by atomic mass is 10.00. The second kappa shape index (κ2) is 9.32. The van der Waals surface area contributed by atoms with Crippen molar-refractivity contribution in [1.82, 2.24) is 9.71 Å². The molecule has 0 bridgehead atoms. The van der Waals surface area contributed by atoms with Gasteiger partial charge in [-0.15, -0.1) is 0 Å². The number of hydrogen-bond acceptors (Lipinski definition) is 5. The number of nitrogens with one attached hydrogen (secondary N) is 1. The molecule has 158 valence electrons. The Kier molecular flexibility index (Phi) is 7.54. The molecule has 2 rings (SSSR count). The average molecular weight is 435 g/mol. The van der Waals surface area contributed by atoms with E-state index in [0.717, 1.165) is 28.1 Å². The number of rotatable bonds is 6. The molecule has 0 spiro atoms. The SMILES string of the molecule is COc1ccc(-c2ncccc2C(=S)OC(C)(C)C)c(CNS(=O)C(C)(C)C)c1. The van der Waals surface area contributed by atoms with E-state index in [-0.39, 0.29) is 4.75 Å². The van der Waals surface area contributed by atoms with Crippen LogP contribution in [0.1, 0.15) is 52.7 Å². The minimum absolute atomic E-state index is 0.364. The first-order chi connectivity index (χ1) is 13.4. The monoisotopic (exact) mass is 434 g/mol. The van der Waals surface area contributed by atoms with Crippen LogP contribution in [-0.2, 0) is 22.3 Å². The number of nitrogens with zero attached hydrogens (tertiary/aromatic N) is 1. The van der Waals surface area contributed by atoms with E-state index in [1.807, 2.05) is 71.9 Å². The van der Waals surface area contributed by atoms with E-state index in [1.165, 1.54) is 0 Å². The molecule has 0 aliphatic heterocycles. The van der Waals surface area contributed by atoms with Crippen molar-refractivity contribution in [2.45, 2.75) is 58.4 Å². The zero-order chi connectivity index (χ0) is 21.8. The Morgan fingerprint density at radius 3 is 2.45 bits per heavy atom. The van der Waals surface area contributed by atoms with Gasteiger partial charge in [-0.3, -0.25) is 4.98 Å². The average Bonchev–Trinajstić information content (AvgIpc) is 2.63. The zero-order valence-corrected chi connectivity index (χ0v) is 19.8. The van der Waals surface area contributed by atoms with Crippen LogP contribution in [-0.4, -0.2) is 31.7 Å². The van der Waals surface area contributed by atoms with Gasteiger partial charge in [0, 0.05) is 18.3 Å². The smallest absolute Gasteiger partial charge is 0.193 e. The summed E-state index contributed by atoms with van der Waals surface area (Å²) in [6.45, 7) is 12.1. The summed E-state index contributed by atoms with van der Waals surface area (Å²) in [6.07, 6.45) is 1.73. The third-order valence-electron chi connectivity index (χ3n) is 3.94. The molecule has 0 aliphatic rings. The summed E-state index contributed by atoms with van der Waals surface area (Å²) in [5.41, 5.74) is 2.88. The Hall–Kier alpha value is -1.83. The van der Waals surface area contributed by atoms with Crippen molar-refractivity contribution >= 4 is 28.3 Å². The summed E-state index contributed by atoms with van der Waals surface area (Å²) in [5, 5.41) is 0.397. The van der Waals surface area contributed by atoms with Gasteiger partial charge in [0.15, 0.2) is 5.05 Å². The van der Waals surface area contributed by atoms with E-state index in [2.05, 4.69) is 9.71 Å². The first-order valence-electron chi connectivity index (χ1n) is 9.43. The van der Waals surface area contributed by atoms with Gasteiger partial charge < -0.3 is 9.47 Å². The van der Waals surface area contributed by atoms with Crippen molar-refractivity contribution in [2.24, 2.45) is 0 Å². The molecule has 1 aromatic heterocycles. The largest absolute Gasteiger partial charge is 0.497 e. The van der Waals surface area contributed by atoms with Crippen LogP contribution in [0.2, 0.25) is 0 Å². The van der Waals surface area contributed by atoms with Gasteiger partial charge in [-0.05, 0) is 89.7 Å². The lowest BCUT2D eigenvalue weighted by Crippen LogP contribution is -2.33. The molecule has 29 heavy (non-hydrogen) atoms. The van der Waals surface area contributed by atoms with Crippen LogP contribution >= 0.6 is 12.2 Å². The molecule has 0 fully saturated rings. The third-order valence-corrected chi connectivity index (χ3v) is 5.77. The zero-order valence-electron chi connectivity index (χ0n) is 18.2. The third kappa shape index (κ3) is 6.59. The Bertz CT molecular complexity index is 900. The highest BCUT2D eigenvalue weighted by molar-refractivity contribution is 7.84. The molecule has 7 heteroatoms. The lowest BCUT2D eigenvalue weighted by Gasteiger charge is -2.23. The van der Waals surface area contributed by atoms with E-state index >= 15 is 0 Å². The molecular formula is C22H30N2O3S2. The van der Waals surface area contributed by atoms with Gasteiger partial charge in [-0.2, -0.15) is 0 Å². The van der Waals surface area contributed by atoms with Gasteiger partial charge in [0.1, 0.15) is 11.4 Å². The van der Waals surface area contributed by atoms with Crippen LogP contribution in [0.3, 0.4) is 0 Å². The Labute approximate surface area is 181 Å². The fourth-order valence-electron chi connectivity index (χ4n) is 2.55. The molecule has 0 saturated carbocycles. The highest BCUT2D eigenvalue weighted by Crippen LogP contribution is 2.30. The lowest BCUT2D eigenvalue weighted by molar-refractivity contribution is 0.123. The Morgan fingerprint density at radius 2 is 1.86 bits per heavy atom. The minimum Gasteiger partial charge on any atom is -0.497 e. The van der Waals surface area contributed by atoms with E-state index in [0.29, 0.717) is 11.6 Å². The number of thiocarbonyl (C=S) groups is 1. The second-order valence-electron chi connectivity index (χ2n) is 8.63. The maximum Gasteiger partial charge on any atom is 0.193 e. The normalized spacial score (nSPS) is 13.1. The van der Waals surface area contributed by atoms with Crippen molar-refractivity contribution in [3.8, 4) is 17.0 Å². The molecule has 2 aromatic rings. The topological polar surface area (TPSA) is 60.5 Å². The predicted octanol–water partition coefficient (Wildman–Crippen LogP) is 4.80. The van der Waals surface area contributed by atoms with Gasteiger partial charge in [-0.25, -0.2) is 8.93 Å². The molecule has 1 heterocycles. The summed E-state index contributed by atoms with van der Waals surface area (Å²) in [7, 11) is 0.423. The fraction of sp³-hybridized carbons (Fsp3) is 0.455. The fourth-order valence-corrected chi connectivity index (χ4v) is 3.69. The number of aromatic nitrogens is 1. The quantitative estimate of drug-likeness (QED) is 0.662. The van der Waals surface area contributed by atoms with Crippen LogP contribution in [0.5, 0.6) is 5.75 Å². The predicted molar refractivity (Wildman–Crippen MR) is 123 cm³/mol. The number of hydrogen-bond donors (Lipinski definition) is 1. The maximum atomic E-state index is 12.5. The van der Waals surface area contributed by atoms with Crippen molar-refractivity contribution in [3.05, 3.63) is 47.7 Å². The molecule has 1 aromatic carbocycles. The Morgan fingerprint density at radius 1 is 1.17 bits per heavy atom. The van der Waals surface area contributed by atoms with Crippen LogP contribution in [0, 0.1) is 0 Å². The van der Waals surface area contributed by atoms with Gasteiger partial charge in [0.25, 0.3) is 0 Å². The molecule has 0 saturated heterocycles. The van der Waals surface area contributed by atoms with E-state index in [1.54, 1.807) is 13.3 Å². The van der Waals surface area contributed by atoms with Crippen LogP contribution < -0.4 is 9.46 Å². The molecule has 0 radical (unpaired) electrons. The van der Waals surface area contributed by atoms with Crippen LogP contribution in [0.25, 0.3) is 11.3 Å². The van der Waals surface area contributed by atoms with Gasteiger partial charge >= 0.3 is 0 Å². The number of methoxy groups -OCH3 is 1. The molecule has 1 unspecified atom stereocenters. The molecule has 1 atom stereocenters. The van der Waals surface area contributed by atoms with Gasteiger partial charge in [0.2, 0.25) is 0 Å². The van der Waals surface area contributed by atoms with Crippen LogP contribution in [0.15, 0.2) is 36.5 Å². The van der Waals surface area contributed by atoms with Crippen molar-refractivity contribution < 1.29 is 13.7 Å². The second-order valence-corrected chi connectivity index (χ2v) is 11.0. The first kappa shape index (κ1) is 23.4. The minimum atomic E-state index is -1.20. The number of pyridine rings is 1. The molecule has 0 amide bonds. The first-order valence-corrected chi connectivity index (χ1v) is 11.0. The maximum absolute atomic E-state index is 12.5. The summed E-state index contributed by atoms with van der Waals surface area (Å²) in [6, 6.07) is 9.50. The van der Waals surface area contributed by atoms with Crippen molar-refractivity contribution in [2.75, 3.05) is 7.11 Å². The highest BCUT2D eigenvalue weighted by atomic mass is 32.2. The number of ether oxygens (including phenoxy) is 2. The summed E-state index contributed by atoms with van der Waals surface area (Å²) < 4.78 is 26.5. The van der Waals surface area contributed by atoms with Crippen LogP contribution in [0.4, 0.5) is 0 Å². The highest BCUT2D eigenvalue weighted by Gasteiger charge is 2.22. The van der Waals surface area contributed by atoms with Crippen molar-refractivity contribution in [1.29, 1.82) is 0 Å². The number of benzene rings is 1. The summed E-state index contributed by atoms with van der Waals surface area (Å²) in [4.78, 5) is 4.58. The standard InChI is InChI=1S/C22H30N2O3S2/c1-21(2,3)27-20(28)18-9-8-12-23-19(18)17-11-10-16(26-7)13-15(17)14-24-29(25)22(4,5)6/h8-13,24H,14H2,1-7H3. The van der Waals surface area contributed by atoms with E-state index in [9.17, 15) is 4.21 Å². The summed E-state index contributed by atoms with van der Waals surface area (Å²) in [5.74, 6) is 0.720. The molecule has 5 nitrogen and oxygen atoms in total. The van der Waals surface area contributed by atoms with Crippen molar-refractivity contribution in [3.63, 3.8) is 0 Å².